The molecule has 0 aromatic heterocycles. The zero-order chi connectivity index (χ0) is 14.4. The van der Waals surface area contributed by atoms with Crippen LogP contribution in [0.5, 0.6) is 11.5 Å². The van der Waals surface area contributed by atoms with Crippen molar-refractivity contribution in [3.8, 4) is 11.5 Å². The average Bonchev–Trinajstić information content (AvgIpc) is 2.43. The van der Waals surface area contributed by atoms with Gasteiger partial charge in [0.1, 0.15) is 11.5 Å². The van der Waals surface area contributed by atoms with Gasteiger partial charge in [-0.15, -0.1) is 0 Å². The van der Waals surface area contributed by atoms with E-state index in [2.05, 4.69) is 26.5 Å². The predicted octanol–water partition coefficient (Wildman–Crippen LogP) is 3.24. The minimum Gasteiger partial charge on any atom is -0.457 e. The van der Waals surface area contributed by atoms with E-state index in [1.807, 2.05) is 48.5 Å². The summed E-state index contributed by atoms with van der Waals surface area (Å²) in [7, 11) is 0. The van der Waals surface area contributed by atoms with Gasteiger partial charge in [-0.3, -0.25) is 0 Å². The van der Waals surface area contributed by atoms with Gasteiger partial charge >= 0.3 is 6.03 Å². The molecule has 0 bridgehead atoms. The molecule has 2 amide bonds. The molecule has 6 heteroatoms. The average molecular weight is 334 g/mol. The van der Waals surface area contributed by atoms with Crippen LogP contribution in [-0.4, -0.2) is 12.2 Å². The quantitative estimate of drug-likeness (QED) is 0.665. The first kappa shape index (κ1) is 14.1. The highest BCUT2D eigenvalue weighted by atomic mass is 79.9. The second-order valence-electron chi connectivity index (χ2n) is 3.86. The Labute approximate surface area is 124 Å². The summed E-state index contributed by atoms with van der Waals surface area (Å²) in [5.74, 6) is 1.47. The van der Waals surface area contributed by atoms with E-state index in [1.54, 1.807) is 0 Å². The summed E-state index contributed by atoms with van der Waals surface area (Å²) < 4.78 is 6.67. The van der Waals surface area contributed by atoms with E-state index in [9.17, 15) is 4.79 Å². The van der Waals surface area contributed by atoms with Crippen molar-refractivity contribution < 1.29 is 9.53 Å². The lowest BCUT2D eigenvalue weighted by Gasteiger charge is -2.05. The lowest BCUT2D eigenvalue weighted by molar-refractivity contribution is 0.249. The summed E-state index contributed by atoms with van der Waals surface area (Å²) in [4.78, 5) is 10.4. The van der Waals surface area contributed by atoms with E-state index < -0.39 is 6.03 Å². The maximum atomic E-state index is 10.4. The predicted molar refractivity (Wildman–Crippen MR) is 81.0 cm³/mol. The largest absolute Gasteiger partial charge is 0.457 e. The smallest absolute Gasteiger partial charge is 0.332 e. The molecule has 0 heterocycles. The van der Waals surface area contributed by atoms with Crippen molar-refractivity contribution in [1.82, 2.24) is 5.43 Å². The third-order valence-corrected chi connectivity index (χ3v) is 2.85. The number of primary amides is 1. The Morgan fingerprint density at radius 2 is 1.65 bits per heavy atom. The summed E-state index contributed by atoms with van der Waals surface area (Å²) in [5, 5.41) is 3.67. The second-order valence-corrected chi connectivity index (χ2v) is 4.77. The second kappa shape index (κ2) is 6.72. The summed E-state index contributed by atoms with van der Waals surface area (Å²) in [5.41, 5.74) is 7.84. The highest BCUT2D eigenvalue weighted by Gasteiger charge is 1.97. The molecular weight excluding hydrogens is 322 g/mol. The van der Waals surface area contributed by atoms with Crippen molar-refractivity contribution in [1.29, 1.82) is 0 Å². The number of amides is 2. The number of benzene rings is 2. The van der Waals surface area contributed by atoms with Gasteiger partial charge in [0.05, 0.1) is 6.21 Å². The minimum atomic E-state index is -0.698. The van der Waals surface area contributed by atoms with Crippen LogP contribution < -0.4 is 15.9 Å². The van der Waals surface area contributed by atoms with E-state index in [0.29, 0.717) is 5.75 Å². The van der Waals surface area contributed by atoms with Gasteiger partial charge in [-0.25, -0.2) is 10.2 Å². The maximum Gasteiger partial charge on any atom is 0.332 e. The van der Waals surface area contributed by atoms with E-state index in [1.165, 1.54) is 6.21 Å². The molecule has 0 saturated carbocycles. The Balaban J connectivity index is 1.99. The number of carbonyl (C=O) groups excluding carboxylic acids is 1. The van der Waals surface area contributed by atoms with Crippen LogP contribution in [-0.2, 0) is 0 Å². The first-order valence-electron chi connectivity index (χ1n) is 5.75. The van der Waals surface area contributed by atoms with Crippen LogP contribution >= 0.6 is 15.9 Å². The van der Waals surface area contributed by atoms with Crippen molar-refractivity contribution in [2.24, 2.45) is 10.8 Å². The molecule has 3 N–H and O–H groups in total. The van der Waals surface area contributed by atoms with Crippen LogP contribution in [0.2, 0.25) is 0 Å². The van der Waals surface area contributed by atoms with Crippen LogP contribution in [0, 0.1) is 0 Å². The number of hydrogen-bond donors (Lipinski definition) is 2. The van der Waals surface area contributed by atoms with Crippen LogP contribution in [0.15, 0.2) is 58.1 Å². The molecule has 2 aromatic rings. The van der Waals surface area contributed by atoms with Crippen molar-refractivity contribution in [2.75, 3.05) is 0 Å². The Hall–Kier alpha value is -2.34. The number of urea groups is 1. The van der Waals surface area contributed by atoms with Gasteiger partial charge < -0.3 is 10.5 Å². The molecule has 0 aliphatic carbocycles. The molecule has 0 unspecified atom stereocenters. The summed E-state index contributed by atoms with van der Waals surface area (Å²) in [6, 6.07) is 14.1. The Morgan fingerprint density at radius 1 is 1.10 bits per heavy atom. The molecule has 20 heavy (non-hydrogen) atoms. The zero-order valence-corrected chi connectivity index (χ0v) is 12.0. The van der Waals surface area contributed by atoms with Crippen molar-refractivity contribution in [2.45, 2.75) is 0 Å². The highest BCUT2D eigenvalue weighted by molar-refractivity contribution is 9.10. The topological polar surface area (TPSA) is 76.7 Å². The lowest BCUT2D eigenvalue weighted by Crippen LogP contribution is -2.24. The number of carbonyl (C=O) groups is 1. The minimum absolute atomic E-state index is 0.698. The number of ether oxygens (including phenoxy) is 1. The molecule has 0 radical (unpaired) electrons. The van der Waals surface area contributed by atoms with Gasteiger partial charge in [-0.1, -0.05) is 15.9 Å². The highest BCUT2D eigenvalue weighted by Crippen LogP contribution is 2.23. The molecule has 2 aromatic carbocycles. The first-order chi connectivity index (χ1) is 9.63. The molecule has 102 valence electrons. The number of nitrogens with one attached hydrogen (secondary N) is 1. The molecule has 2 rings (SSSR count). The number of nitrogens with zero attached hydrogens (tertiary/aromatic N) is 1. The number of halogens is 1. The van der Waals surface area contributed by atoms with Crippen molar-refractivity contribution >= 4 is 28.2 Å². The van der Waals surface area contributed by atoms with Gasteiger partial charge in [0.2, 0.25) is 0 Å². The van der Waals surface area contributed by atoms with E-state index in [-0.39, 0.29) is 0 Å². The number of hydrazone groups is 1. The van der Waals surface area contributed by atoms with E-state index in [4.69, 9.17) is 10.5 Å². The Bertz CT molecular complexity index is 609. The zero-order valence-electron chi connectivity index (χ0n) is 10.4. The summed E-state index contributed by atoms with van der Waals surface area (Å²) >= 11 is 3.37. The number of hydrogen-bond acceptors (Lipinski definition) is 3. The van der Waals surface area contributed by atoms with Crippen molar-refractivity contribution in [3.05, 3.63) is 58.6 Å². The van der Waals surface area contributed by atoms with Crippen molar-refractivity contribution in [3.63, 3.8) is 0 Å². The fourth-order valence-corrected chi connectivity index (χ4v) is 1.70. The van der Waals surface area contributed by atoms with Gasteiger partial charge in [-0.2, -0.15) is 5.10 Å². The van der Waals surface area contributed by atoms with Gasteiger partial charge in [-0.05, 0) is 54.1 Å². The normalized spacial score (nSPS) is 10.4. The van der Waals surface area contributed by atoms with Crippen LogP contribution in [0.4, 0.5) is 4.79 Å². The molecule has 0 atom stereocenters. The Kier molecular flexibility index (Phi) is 4.73. The molecule has 5 nitrogen and oxygen atoms in total. The maximum absolute atomic E-state index is 10.4. The van der Waals surface area contributed by atoms with E-state index >= 15 is 0 Å². The summed E-state index contributed by atoms with van der Waals surface area (Å²) in [6.07, 6.45) is 1.49. The first-order valence-corrected chi connectivity index (χ1v) is 6.55. The monoisotopic (exact) mass is 333 g/mol. The van der Waals surface area contributed by atoms with Crippen LogP contribution in [0.1, 0.15) is 5.56 Å². The van der Waals surface area contributed by atoms with Gasteiger partial charge in [0.15, 0.2) is 0 Å². The summed E-state index contributed by atoms with van der Waals surface area (Å²) in [6.45, 7) is 0. The lowest BCUT2D eigenvalue weighted by atomic mass is 10.2. The molecule has 0 saturated heterocycles. The van der Waals surface area contributed by atoms with Crippen LogP contribution in [0.3, 0.4) is 0 Å². The fraction of sp³-hybridized carbons (Fsp3) is 0. The van der Waals surface area contributed by atoms with Gasteiger partial charge in [0, 0.05) is 4.47 Å². The Morgan fingerprint density at radius 3 is 2.20 bits per heavy atom. The van der Waals surface area contributed by atoms with E-state index in [0.717, 1.165) is 15.8 Å². The molecule has 0 fully saturated rings. The number of rotatable bonds is 4. The molecule has 0 aliphatic rings. The van der Waals surface area contributed by atoms with Gasteiger partial charge in [0.25, 0.3) is 0 Å². The molecule has 0 spiro atoms. The third kappa shape index (κ3) is 4.40. The molecule has 0 aliphatic heterocycles. The number of nitrogens with two attached hydrogens (primary N) is 1. The standard InChI is InChI=1S/C14H12BrN3O2/c15-11-3-7-13(8-4-11)20-12-5-1-10(2-6-12)9-17-18-14(16)19/h1-9H,(H3,16,18,19)/b17-9-. The van der Waals surface area contributed by atoms with Crippen LogP contribution in [0.25, 0.3) is 0 Å². The third-order valence-electron chi connectivity index (χ3n) is 2.32. The fourth-order valence-electron chi connectivity index (χ4n) is 1.43. The SMILES string of the molecule is NC(=O)N/N=C\c1ccc(Oc2ccc(Br)cc2)cc1. The molecular formula is C14H12BrN3O2.